The number of aromatic amines is 1. The lowest BCUT2D eigenvalue weighted by molar-refractivity contribution is 0.763. The summed E-state index contributed by atoms with van der Waals surface area (Å²) >= 11 is 0. The predicted octanol–water partition coefficient (Wildman–Crippen LogP) is 4.10. The summed E-state index contributed by atoms with van der Waals surface area (Å²) in [4.78, 5) is 12.7. The molecule has 4 rings (SSSR count). The summed E-state index contributed by atoms with van der Waals surface area (Å²) in [5.74, 6) is 1.88. The zero-order valence-corrected chi connectivity index (χ0v) is 20.6. The monoisotopic (exact) mass is 543 g/mol. The first-order valence-electron chi connectivity index (χ1n) is 10.9. The van der Waals surface area contributed by atoms with Crippen molar-refractivity contribution in [2.45, 2.75) is 26.2 Å². The molecule has 3 N–H and O–H groups in total. The summed E-state index contributed by atoms with van der Waals surface area (Å²) in [5.41, 5.74) is 4.47. The van der Waals surface area contributed by atoms with E-state index >= 15 is 0 Å². The number of nitrogens with zero attached hydrogens (tertiary/aromatic N) is 4. The first-order valence-corrected chi connectivity index (χ1v) is 10.9. The number of fused-ring (bicyclic) bond motifs is 1. The first kappa shape index (κ1) is 23.8. The molecule has 32 heavy (non-hydrogen) atoms. The summed E-state index contributed by atoms with van der Waals surface area (Å²) < 4.78 is 1.86. The van der Waals surface area contributed by atoms with Gasteiger partial charge in [-0.05, 0) is 55.7 Å². The Labute approximate surface area is 205 Å². The molecule has 0 saturated carbocycles. The van der Waals surface area contributed by atoms with Crippen molar-refractivity contribution in [3.63, 3.8) is 0 Å². The van der Waals surface area contributed by atoms with Crippen molar-refractivity contribution in [1.29, 1.82) is 0 Å². The van der Waals surface area contributed by atoms with E-state index in [2.05, 4.69) is 63.0 Å². The Bertz CT molecular complexity index is 1070. The van der Waals surface area contributed by atoms with E-state index in [1.54, 1.807) is 6.20 Å². The van der Waals surface area contributed by atoms with E-state index in [0.29, 0.717) is 0 Å². The van der Waals surface area contributed by atoms with Gasteiger partial charge >= 0.3 is 0 Å². The maximum Gasteiger partial charge on any atom is 0.191 e. The molecule has 8 heteroatoms. The minimum absolute atomic E-state index is 0. The van der Waals surface area contributed by atoms with Gasteiger partial charge in [0.2, 0.25) is 0 Å². The van der Waals surface area contributed by atoms with Gasteiger partial charge in [0.05, 0.1) is 16.7 Å². The highest BCUT2D eigenvalue weighted by atomic mass is 127. The van der Waals surface area contributed by atoms with Crippen LogP contribution in [0.15, 0.2) is 72.0 Å². The summed E-state index contributed by atoms with van der Waals surface area (Å²) in [6, 6.07) is 18.5. The zero-order chi connectivity index (χ0) is 21.3. The van der Waals surface area contributed by atoms with Crippen molar-refractivity contribution in [3.05, 3.63) is 78.4 Å². The molecule has 2 heterocycles. The molecule has 0 unspecified atom stereocenters. The smallest absolute Gasteiger partial charge is 0.191 e. The van der Waals surface area contributed by atoms with Crippen LogP contribution in [0.3, 0.4) is 0 Å². The number of H-pyrrole nitrogens is 1. The molecule has 168 valence electrons. The van der Waals surface area contributed by atoms with Gasteiger partial charge in [-0.15, -0.1) is 24.0 Å². The van der Waals surface area contributed by atoms with Crippen LogP contribution in [0.4, 0.5) is 0 Å². The molecule has 7 nitrogen and oxygen atoms in total. The standard InChI is InChI=1S/C24H29N7.HI/c1-2-25-24(26-15-5-9-23-29-21-7-3-4-8-22(21)30-23)27-17-14-19-10-12-20(13-11-19)31-18-6-16-28-31;/h3-4,6-8,10-13,16,18H,2,5,9,14-15,17H2,1H3,(H,29,30)(H2,25,26,27);1H. The van der Waals surface area contributed by atoms with Crippen LogP contribution < -0.4 is 10.6 Å². The van der Waals surface area contributed by atoms with Gasteiger partial charge in [-0.3, -0.25) is 4.99 Å². The van der Waals surface area contributed by atoms with Gasteiger partial charge in [-0.2, -0.15) is 5.10 Å². The lowest BCUT2D eigenvalue weighted by Crippen LogP contribution is -2.38. The Morgan fingerprint density at radius 1 is 1.03 bits per heavy atom. The Morgan fingerprint density at radius 2 is 1.88 bits per heavy atom. The molecule has 0 fully saturated rings. The van der Waals surface area contributed by atoms with Crippen molar-refractivity contribution >= 4 is 41.0 Å². The van der Waals surface area contributed by atoms with Gasteiger partial charge in [0.25, 0.3) is 0 Å². The summed E-state index contributed by atoms with van der Waals surface area (Å²) in [7, 11) is 0. The lowest BCUT2D eigenvalue weighted by atomic mass is 10.1. The molecule has 0 aliphatic heterocycles. The molecule has 0 atom stereocenters. The van der Waals surface area contributed by atoms with E-state index in [4.69, 9.17) is 4.99 Å². The highest BCUT2D eigenvalue weighted by molar-refractivity contribution is 14.0. The lowest BCUT2D eigenvalue weighted by Gasteiger charge is -2.11. The first-order chi connectivity index (χ1) is 15.3. The van der Waals surface area contributed by atoms with Gasteiger partial charge in [0.15, 0.2) is 5.96 Å². The number of aliphatic imine (C=N–C) groups is 1. The number of rotatable bonds is 9. The topological polar surface area (TPSA) is 82.9 Å². The molecule has 4 aromatic rings. The van der Waals surface area contributed by atoms with Gasteiger partial charge in [0, 0.05) is 38.4 Å². The fourth-order valence-electron chi connectivity index (χ4n) is 3.47. The third kappa shape index (κ3) is 6.56. The minimum atomic E-state index is 0. The molecule has 0 saturated heterocycles. The molecule has 0 bridgehead atoms. The number of para-hydroxylation sites is 2. The Hall–Kier alpha value is -2.88. The second kappa shape index (κ2) is 12.2. The SMILES string of the molecule is CCNC(=NCCCc1nc2ccccc2[nH]1)NCCc1ccc(-n2cccn2)cc1.I. The van der Waals surface area contributed by atoms with E-state index in [1.165, 1.54) is 5.56 Å². The fourth-order valence-corrected chi connectivity index (χ4v) is 3.47. The van der Waals surface area contributed by atoms with Crippen LogP contribution in [-0.4, -0.2) is 45.3 Å². The van der Waals surface area contributed by atoms with Crippen LogP contribution in [0.1, 0.15) is 24.7 Å². The number of hydrogen-bond acceptors (Lipinski definition) is 3. The Balaban J connectivity index is 0.00000289. The average molecular weight is 543 g/mol. The predicted molar refractivity (Wildman–Crippen MR) is 141 cm³/mol. The maximum atomic E-state index is 4.70. The number of aromatic nitrogens is 4. The van der Waals surface area contributed by atoms with E-state index in [9.17, 15) is 0 Å². The number of imidazole rings is 1. The number of halogens is 1. The van der Waals surface area contributed by atoms with E-state index in [-0.39, 0.29) is 24.0 Å². The third-order valence-corrected chi connectivity index (χ3v) is 5.04. The molecular weight excluding hydrogens is 513 g/mol. The molecule has 2 aromatic heterocycles. The minimum Gasteiger partial charge on any atom is -0.357 e. The van der Waals surface area contributed by atoms with Gasteiger partial charge in [-0.1, -0.05) is 24.3 Å². The summed E-state index contributed by atoms with van der Waals surface area (Å²) in [6.45, 7) is 4.51. The highest BCUT2D eigenvalue weighted by Gasteiger charge is 2.03. The average Bonchev–Trinajstić information content (AvgIpc) is 3.47. The number of aryl methyl sites for hydroxylation is 1. The van der Waals surface area contributed by atoms with Crippen molar-refractivity contribution in [2.24, 2.45) is 4.99 Å². The van der Waals surface area contributed by atoms with E-state index in [1.807, 2.05) is 35.1 Å². The largest absolute Gasteiger partial charge is 0.357 e. The Kier molecular flexibility index (Phi) is 9.09. The summed E-state index contributed by atoms with van der Waals surface area (Å²) in [5, 5.41) is 11.0. The quantitative estimate of drug-likeness (QED) is 0.129. The van der Waals surface area contributed by atoms with E-state index < -0.39 is 0 Å². The van der Waals surface area contributed by atoms with Crippen LogP contribution >= 0.6 is 24.0 Å². The van der Waals surface area contributed by atoms with Crippen LogP contribution in [-0.2, 0) is 12.8 Å². The second-order valence-corrected chi connectivity index (χ2v) is 7.36. The van der Waals surface area contributed by atoms with Gasteiger partial charge < -0.3 is 15.6 Å². The van der Waals surface area contributed by atoms with Crippen molar-refractivity contribution < 1.29 is 0 Å². The number of hydrogen-bond donors (Lipinski definition) is 3. The van der Waals surface area contributed by atoms with Crippen LogP contribution in [0.2, 0.25) is 0 Å². The molecule has 0 radical (unpaired) electrons. The number of benzene rings is 2. The maximum absolute atomic E-state index is 4.70. The third-order valence-electron chi connectivity index (χ3n) is 5.04. The number of guanidine groups is 1. The van der Waals surface area contributed by atoms with Crippen LogP contribution in [0, 0.1) is 0 Å². The molecular formula is C24H30IN7. The second-order valence-electron chi connectivity index (χ2n) is 7.36. The van der Waals surface area contributed by atoms with Crippen LogP contribution in [0.25, 0.3) is 16.7 Å². The summed E-state index contributed by atoms with van der Waals surface area (Å²) in [6.07, 6.45) is 6.51. The molecule has 0 aliphatic rings. The van der Waals surface area contributed by atoms with Gasteiger partial charge in [-0.25, -0.2) is 9.67 Å². The van der Waals surface area contributed by atoms with E-state index in [0.717, 1.165) is 67.4 Å². The molecule has 0 amide bonds. The molecule has 0 spiro atoms. The highest BCUT2D eigenvalue weighted by Crippen LogP contribution is 2.11. The van der Waals surface area contributed by atoms with Crippen molar-refractivity contribution in [3.8, 4) is 5.69 Å². The van der Waals surface area contributed by atoms with Gasteiger partial charge in [0.1, 0.15) is 5.82 Å². The Morgan fingerprint density at radius 3 is 2.62 bits per heavy atom. The number of nitrogens with one attached hydrogen (secondary N) is 3. The normalized spacial score (nSPS) is 11.3. The zero-order valence-electron chi connectivity index (χ0n) is 18.3. The van der Waals surface area contributed by atoms with Crippen LogP contribution in [0.5, 0.6) is 0 Å². The fraction of sp³-hybridized carbons (Fsp3) is 0.292. The molecule has 0 aliphatic carbocycles. The van der Waals surface area contributed by atoms with Crippen molar-refractivity contribution in [1.82, 2.24) is 30.4 Å². The molecule has 2 aromatic carbocycles. The van der Waals surface area contributed by atoms with Crippen molar-refractivity contribution in [2.75, 3.05) is 19.6 Å².